The van der Waals surface area contributed by atoms with Gasteiger partial charge in [0.05, 0.1) is 68.1 Å². The lowest BCUT2D eigenvalue weighted by Gasteiger charge is -1.88. The highest BCUT2D eigenvalue weighted by Crippen LogP contribution is 1.94. The Morgan fingerprint density at radius 1 is 0.252 bits per heavy atom. The van der Waals surface area contributed by atoms with E-state index in [9.17, 15) is 9.59 Å². The standard InChI is InChI=1S/C12H4N4.C6H4O2.C6H6.C5H5N.2C4H4N2.C4H4O.C4H4S.C3H3N3.C3H3NO.C2H2N2O.C2H2N2S.34C2H6/c1-15-11(7-13)9-3-5-10(6-4-9)12(8-14)16-2;7-5-1-2-6(8)4-3-5;2*1-2-4-6-5-3-1;1-2-6-4-3-5-1;1-2-5-4-6-3-1;2*1-2-4-5-3-1;1-4-2-6-3-5-1;1-2-4-5-3-1;1-3-4-2-5-1;1-2-4-5-3-1;34*1-2/h3-6H;1-4H;1-6H;1-5H;2*1-4H;2*1-4H;1-3H;1-3H;2*1-2H;34*1-2H3. The van der Waals surface area contributed by atoms with E-state index in [1.807, 2.05) is 560 Å². The molecule has 0 spiro atoms. The maximum Gasteiger partial charge on any atom is 0.268 e. The molecule has 0 saturated carbocycles. The average Bonchev–Trinajstić information content (AvgIpc) is 1.46. The summed E-state index contributed by atoms with van der Waals surface area (Å²) in [5.41, 5.74) is -0.0132. The lowest BCUT2D eigenvalue weighted by atomic mass is 10.2. The van der Waals surface area contributed by atoms with E-state index in [0.717, 1.165) is 0 Å². The van der Waals surface area contributed by atoms with Crippen molar-refractivity contribution in [2.75, 3.05) is 0 Å². The molecule has 0 amide bonds. The molecule has 9 aromatic heterocycles. The molecule has 2 aromatic carbocycles. The molecule has 147 heavy (non-hydrogen) atoms. The molecule has 11 aromatic rings. The van der Waals surface area contributed by atoms with Crippen LogP contribution in [0.2, 0.25) is 0 Å². The van der Waals surface area contributed by atoms with Crippen LogP contribution in [-0.2, 0) is 9.59 Å². The van der Waals surface area contributed by atoms with Gasteiger partial charge in [0.25, 0.3) is 11.4 Å². The number of nitriles is 2. The zero-order valence-electron chi connectivity index (χ0n) is 109. The van der Waals surface area contributed by atoms with Crippen LogP contribution in [0.5, 0.6) is 0 Å². The zero-order valence-corrected chi connectivity index (χ0v) is 111. The number of pyridine rings is 1. The average molecular weight is 2110 g/mol. The lowest BCUT2D eigenvalue weighted by molar-refractivity contribution is -0.113. The molecule has 1 aliphatic carbocycles. The summed E-state index contributed by atoms with van der Waals surface area (Å²) >= 11 is 2.93. The predicted octanol–water partition coefficient (Wildman–Crippen LogP) is 43.8. The number of furan rings is 1. The Morgan fingerprint density at radius 2 is 0.476 bits per heavy atom. The maximum atomic E-state index is 10.3. The van der Waals surface area contributed by atoms with Crippen LogP contribution in [0.4, 0.5) is 0 Å². The molecule has 0 bridgehead atoms. The second-order valence-electron chi connectivity index (χ2n) is 12.4. The zero-order chi connectivity index (χ0) is 125. The maximum absolute atomic E-state index is 10.3. The van der Waals surface area contributed by atoms with Gasteiger partial charge in [-0.3, -0.25) is 24.5 Å². The van der Waals surface area contributed by atoms with Crippen molar-refractivity contribution in [2.45, 2.75) is 471 Å². The van der Waals surface area contributed by atoms with E-state index in [0.29, 0.717) is 10.4 Å². The predicted molar refractivity (Wildman–Crippen MR) is 679 cm³/mol. The normalized spacial score (nSPS) is 6.18. The van der Waals surface area contributed by atoms with Crippen molar-refractivity contribution in [3.8, 4) is 12.1 Å². The molecule has 0 atom stereocenters. The van der Waals surface area contributed by atoms with Crippen LogP contribution < -0.4 is 10.4 Å². The number of allylic oxidation sites excluding steroid dienone is 4. The van der Waals surface area contributed by atoms with Gasteiger partial charge in [0.1, 0.15) is 31.6 Å². The van der Waals surface area contributed by atoms with Crippen LogP contribution in [0.1, 0.15) is 471 Å². The monoisotopic (exact) mass is 2110 g/mol. The van der Waals surface area contributed by atoms with Crippen molar-refractivity contribution in [1.29, 1.82) is 10.5 Å². The number of thiophene rings is 1. The van der Waals surface area contributed by atoms with Crippen molar-refractivity contribution in [3.63, 3.8) is 0 Å². The first-order valence-corrected chi connectivity index (χ1v) is 57.6. The topological polar surface area (TPSA) is 297 Å². The molecule has 24 heteroatoms. The summed E-state index contributed by atoms with van der Waals surface area (Å²) in [7, 11) is 0. The quantitative estimate of drug-likeness (QED) is 0.101. The van der Waals surface area contributed by atoms with Crippen molar-refractivity contribution in [1.82, 2.24) is 64.0 Å². The molecule has 1 aliphatic rings. The fraction of sp³-hybridized carbons (Fsp3) is 0.553. The Labute approximate surface area is 929 Å². The molecule has 0 aliphatic heterocycles. The number of rotatable bonds is 0. The molecular weight excluding hydrogens is 1860 g/mol. The van der Waals surface area contributed by atoms with Gasteiger partial charge in [0.2, 0.25) is 12.8 Å². The Balaban J connectivity index is -0.0000000284. The Morgan fingerprint density at radius 3 is 0.578 bits per heavy atom. The van der Waals surface area contributed by atoms with E-state index in [-0.39, 0.29) is 23.0 Å². The Hall–Kier alpha value is -11.8. The molecule has 22 nitrogen and oxygen atoms in total. The van der Waals surface area contributed by atoms with Gasteiger partial charge in [0, 0.05) is 49.6 Å². The van der Waals surface area contributed by atoms with Crippen LogP contribution in [0, 0.1) is 35.8 Å². The number of aromatic nitrogens is 13. The first kappa shape index (κ1) is 238. The van der Waals surface area contributed by atoms with E-state index in [1.165, 1.54) is 80.4 Å². The third kappa shape index (κ3) is 374. The van der Waals surface area contributed by atoms with Gasteiger partial charge in [-0.2, -0.15) is 20.1 Å². The number of benzene rings is 2. The number of carbonyl (C=O) groups excluding carboxylic acids is 2. The summed E-state index contributed by atoms with van der Waals surface area (Å²) in [4.78, 5) is 56.0. The van der Waals surface area contributed by atoms with E-state index in [2.05, 4.69) is 87.0 Å². The number of hydrogen-bond donors (Lipinski definition) is 0. The summed E-state index contributed by atoms with van der Waals surface area (Å²) in [6, 6.07) is 38.7. The minimum Gasteiger partial charge on any atom is -0.473 e. The number of nitrogens with zero attached hydrogens (tertiary/aromatic N) is 17. The Kier molecular flexibility index (Phi) is 719. The van der Waals surface area contributed by atoms with Crippen LogP contribution in [0.15, 0.2) is 289 Å². The summed E-state index contributed by atoms with van der Waals surface area (Å²) in [6.07, 6.45) is 36.4. The van der Waals surface area contributed by atoms with Gasteiger partial charge in [0.15, 0.2) is 11.6 Å². The Bertz CT molecular complexity index is 2680. The molecule has 0 N–H and O–H groups in total. The van der Waals surface area contributed by atoms with Crippen molar-refractivity contribution in [2.24, 2.45) is 0 Å². The van der Waals surface area contributed by atoms with Crippen LogP contribution >= 0.6 is 23.1 Å². The highest BCUT2D eigenvalue weighted by Gasteiger charge is 1.98. The minimum atomic E-state index is -0.121. The summed E-state index contributed by atoms with van der Waals surface area (Å²) in [6.45, 7) is 150. The van der Waals surface area contributed by atoms with Gasteiger partial charge >= 0.3 is 0 Å². The SMILES string of the molecule is CC.CC.CC.CC.CC.CC.CC.CC.CC.CC.CC.CC.CC.CC.CC.CC.CC.CC.CC.CC.CC.CC.CC.CC.CC.CC.CC.CC.CC.CC.CC.CC.CC.CC.O=C1C=CC(=O)C=C1.[C-]#[N+]C(C#N)=c1ccc(=C(C#N)[N+]#[C-])cc1.c1ccccc1.c1ccncc1.c1ccoc1.c1ccsc1.c1cnccn1.c1cncnc1.c1cnoc1.c1cnsn1.c1ncncn1.c1nnco1. The fourth-order valence-electron chi connectivity index (χ4n) is 3.84. The second-order valence-corrected chi connectivity index (χ2v) is 13.8. The largest absolute Gasteiger partial charge is 0.473 e. The third-order valence-corrected chi connectivity index (χ3v) is 8.10. The van der Waals surface area contributed by atoms with Gasteiger partial charge in [-0.1, -0.05) is 555 Å². The van der Waals surface area contributed by atoms with E-state index < -0.39 is 0 Å². The van der Waals surface area contributed by atoms with Gasteiger partial charge in [-0.05, 0) is 81.9 Å². The van der Waals surface area contributed by atoms with Gasteiger partial charge in [-0.25, -0.2) is 45.1 Å². The van der Waals surface area contributed by atoms with Crippen LogP contribution in [0.3, 0.4) is 0 Å². The molecule has 9 heterocycles. The molecule has 0 fully saturated rings. The van der Waals surface area contributed by atoms with Gasteiger partial charge < -0.3 is 13.4 Å². The van der Waals surface area contributed by atoms with E-state index in [4.69, 9.17) is 23.7 Å². The minimum absolute atomic E-state index is 0.00660. The fourth-order valence-corrected chi connectivity index (χ4v) is 4.57. The number of ketones is 2. The lowest BCUT2D eigenvalue weighted by Crippen LogP contribution is -2.10. The van der Waals surface area contributed by atoms with Crippen molar-refractivity contribution in [3.05, 3.63) is 309 Å². The first-order valence-electron chi connectivity index (χ1n) is 55.9. The van der Waals surface area contributed by atoms with Crippen molar-refractivity contribution < 1.29 is 22.9 Å². The van der Waals surface area contributed by atoms with Crippen LogP contribution in [-0.4, -0.2) is 75.5 Å². The van der Waals surface area contributed by atoms with Gasteiger partial charge in [-0.15, -0.1) is 10.2 Å². The number of carbonyl (C=O) groups is 2. The second kappa shape index (κ2) is 444. The first-order chi connectivity index (χ1) is 73.0. The van der Waals surface area contributed by atoms with Crippen LogP contribution in [0.25, 0.3) is 21.1 Å². The number of hydrogen-bond acceptors (Lipinski definition) is 22. The smallest absolute Gasteiger partial charge is 0.268 e. The van der Waals surface area contributed by atoms with E-state index >= 15 is 0 Å². The van der Waals surface area contributed by atoms with E-state index in [1.54, 1.807) is 141 Å². The molecule has 0 saturated heterocycles. The molecule has 12 rings (SSSR count). The third-order valence-electron chi connectivity index (χ3n) is 7.04. The molecular formula is C123H249N17O5S2. The summed E-state index contributed by atoms with van der Waals surface area (Å²) in [5.74, 6) is -0.241. The summed E-state index contributed by atoms with van der Waals surface area (Å²) in [5, 5.41) is 32.3. The molecule has 0 unspecified atom stereocenters. The highest BCUT2D eigenvalue weighted by molar-refractivity contribution is 7.07. The van der Waals surface area contributed by atoms with Crippen molar-refractivity contribution >= 4 is 46.0 Å². The molecule has 0 radical (unpaired) electrons. The molecule has 868 valence electrons. The summed E-state index contributed by atoms with van der Waals surface area (Å²) < 4.78 is 20.6. The highest BCUT2D eigenvalue weighted by atomic mass is 32.1.